The molecule has 0 aliphatic rings. The van der Waals surface area contributed by atoms with E-state index in [1.54, 1.807) is 12.1 Å². The van der Waals surface area contributed by atoms with E-state index in [4.69, 9.17) is 17.3 Å². The van der Waals surface area contributed by atoms with Crippen LogP contribution in [0.2, 0.25) is 5.02 Å². The van der Waals surface area contributed by atoms with E-state index in [1.165, 1.54) is 13.1 Å². The van der Waals surface area contributed by atoms with Gasteiger partial charge in [0.25, 0.3) is 0 Å². The summed E-state index contributed by atoms with van der Waals surface area (Å²) in [6, 6.07) is 12.2. The molecule has 0 fully saturated rings. The molecular weight excluding hydrogens is 310 g/mol. The highest BCUT2D eigenvalue weighted by atomic mass is 35.5. The van der Waals surface area contributed by atoms with Gasteiger partial charge < -0.3 is 11.1 Å². The van der Waals surface area contributed by atoms with Crippen LogP contribution in [0.3, 0.4) is 0 Å². The first-order chi connectivity index (χ1) is 9.92. The zero-order valence-corrected chi connectivity index (χ0v) is 13.0. The minimum absolute atomic E-state index is 0.0713. The third-order valence-electron chi connectivity index (χ3n) is 2.98. The summed E-state index contributed by atoms with van der Waals surface area (Å²) in [6.45, 7) is 0.592. The molecule has 2 aromatic rings. The quantitative estimate of drug-likeness (QED) is 0.737. The van der Waals surface area contributed by atoms with Gasteiger partial charge in [-0.05, 0) is 42.9 Å². The molecular formula is C14H16ClN3O2S. The summed E-state index contributed by atoms with van der Waals surface area (Å²) in [5.41, 5.74) is 7.80. The summed E-state index contributed by atoms with van der Waals surface area (Å²) in [4.78, 5) is 0.0713. The van der Waals surface area contributed by atoms with Gasteiger partial charge in [-0.1, -0.05) is 23.7 Å². The summed E-state index contributed by atoms with van der Waals surface area (Å²) in [7, 11) is -2.19. The lowest BCUT2D eigenvalue weighted by Crippen LogP contribution is -2.20. The van der Waals surface area contributed by atoms with E-state index >= 15 is 0 Å². The fourth-order valence-electron chi connectivity index (χ4n) is 1.82. The molecule has 2 rings (SSSR count). The van der Waals surface area contributed by atoms with Crippen molar-refractivity contribution in [2.24, 2.45) is 0 Å². The molecule has 7 heteroatoms. The molecule has 0 saturated heterocycles. The molecule has 21 heavy (non-hydrogen) atoms. The van der Waals surface area contributed by atoms with Crippen LogP contribution in [0.5, 0.6) is 0 Å². The molecule has 0 radical (unpaired) electrons. The third kappa shape index (κ3) is 3.87. The van der Waals surface area contributed by atoms with Gasteiger partial charge in [0.2, 0.25) is 10.0 Å². The molecule has 0 heterocycles. The average Bonchev–Trinajstić information content (AvgIpc) is 2.46. The highest BCUT2D eigenvalue weighted by Crippen LogP contribution is 2.22. The van der Waals surface area contributed by atoms with E-state index in [9.17, 15) is 8.42 Å². The van der Waals surface area contributed by atoms with E-state index in [-0.39, 0.29) is 10.6 Å². The second kappa shape index (κ2) is 6.34. The Morgan fingerprint density at radius 1 is 1.14 bits per heavy atom. The van der Waals surface area contributed by atoms with Crippen LogP contribution in [-0.2, 0) is 16.6 Å². The summed E-state index contributed by atoms with van der Waals surface area (Å²) in [6.07, 6.45) is 0. The van der Waals surface area contributed by atoms with Crippen LogP contribution in [0.1, 0.15) is 5.56 Å². The van der Waals surface area contributed by atoms with E-state index in [1.807, 2.05) is 24.3 Å². The van der Waals surface area contributed by atoms with Crippen molar-refractivity contribution in [3.8, 4) is 0 Å². The molecule has 0 bridgehead atoms. The van der Waals surface area contributed by atoms with Crippen molar-refractivity contribution in [2.45, 2.75) is 11.4 Å². The topological polar surface area (TPSA) is 84.2 Å². The molecule has 0 unspecified atom stereocenters. The van der Waals surface area contributed by atoms with E-state index < -0.39 is 10.0 Å². The van der Waals surface area contributed by atoms with Crippen molar-refractivity contribution in [3.05, 3.63) is 53.1 Å². The number of sulfonamides is 1. The third-order valence-corrected chi connectivity index (χ3v) is 4.72. The average molecular weight is 326 g/mol. The molecule has 0 atom stereocenters. The van der Waals surface area contributed by atoms with Crippen LogP contribution < -0.4 is 15.8 Å². The first-order valence-electron chi connectivity index (χ1n) is 6.24. The molecule has 0 aromatic heterocycles. The number of rotatable bonds is 5. The lowest BCUT2D eigenvalue weighted by molar-refractivity contribution is 0.588. The maximum absolute atomic E-state index is 11.7. The van der Waals surface area contributed by atoms with Crippen molar-refractivity contribution in [2.75, 3.05) is 18.1 Å². The summed E-state index contributed by atoms with van der Waals surface area (Å²) in [5, 5.41) is 3.86. The van der Waals surface area contributed by atoms with Crippen molar-refractivity contribution >= 4 is 33.0 Å². The first-order valence-corrected chi connectivity index (χ1v) is 8.10. The number of halogens is 1. The zero-order chi connectivity index (χ0) is 15.5. The van der Waals surface area contributed by atoms with E-state index in [2.05, 4.69) is 10.0 Å². The fraction of sp³-hybridized carbons (Fsp3) is 0.143. The number of benzene rings is 2. The number of nitrogens with two attached hydrogens (primary N) is 1. The van der Waals surface area contributed by atoms with Crippen LogP contribution >= 0.6 is 11.6 Å². The summed E-state index contributed by atoms with van der Waals surface area (Å²) < 4.78 is 25.7. The number of anilines is 2. The van der Waals surface area contributed by atoms with Gasteiger partial charge in [0.1, 0.15) is 4.90 Å². The van der Waals surface area contributed by atoms with Crippen molar-refractivity contribution in [1.29, 1.82) is 0 Å². The standard InChI is InChI=1S/C14H16ClN3O2S/c1-17-21(19,20)14-7-6-12(8-13(14)16)18-9-10-2-4-11(15)5-3-10/h2-8,17-18H,9,16H2,1H3. The number of hydrogen-bond acceptors (Lipinski definition) is 4. The smallest absolute Gasteiger partial charge is 0.242 e. The minimum Gasteiger partial charge on any atom is -0.398 e. The molecule has 2 aromatic carbocycles. The van der Waals surface area contributed by atoms with E-state index in [0.29, 0.717) is 11.6 Å². The Morgan fingerprint density at radius 2 is 1.81 bits per heavy atom. The van der Waals surface area contributed by atoms with Gasteiger partial charge in [0.15, 0.2) is 0 Å². The van der Waals surface area contributed by atoms with Crippen molar-refractivity contribution < 1.29 is 8.42 Å². The molecule has 112 valence electrons. The predicted octanol–water partition coefficient (Wildman–Crippen LogP) is 2.44. The van der Waals surface area contributed by atoms with Crippen LogP contribution in [0.4, 0.5) is 11.4 Å². The van der Waals surface area contributed by atoms with Crippen LogP contribution in [-0.4, -0.2) is 15.5 Å². The summed E-state index contributed by atoms with van der Waals surface area (Å²) >= 11 is 5.82. The molecule has 0 spiro atoms. The Bertz CT molecular complexity index is 730. The summed E-state index contributed by atoms with van der Waals surface area (Å²) in [5.74, 6) is 0. The van der Waals surface area contributed by atoms with Gasteiger partial charge in [0, 0.05) is 17.3 Å². The maximum Gasteiger partial charge on any atom is 0.242 e. The molecule has 5 nitrogen and oxygen atoms in total. The van der Waals surface area contributed by atoms with Gasteiger partial charge >= 0.3 is 0 Å². The van der Waals surface area contributed by atoms with Gasteiger partial charge in [-0.2, -0.15) is 0 Å². The fourth-order valence-corrected chi connectivity index (χ4v) is 2.78. The molecule has 0 saturated carbocycles. The zero-order valence-electron chi connectivity index (χ0n) is 11.4. The number of nitrogen functional groups attached to an aromatic ring is 1. The number of hydrogen-bond donors (Lipinski definition) is 3. The van der Waals surface area contributed by atoms with Crippen LogP contribution in [0.25, 0.3) is 0 Å². The van der Waals surface area contributed by atoms with Crippen LogP contribution in [0, 0.1) is 0 Å². The lowest BCUT2D eigenvalue weighted by Gasteiger charge is -2.10. The Hall–Kier alpha value is -1.76. The maximum atomic E-state index is 11.7. The predicted molar refractivity (Wildman–Crippen MR) is 85.9 cm³/mol. The Morgan fingerprint density at radius 3 is 2.38 bits per heavy atom. The van der Waals surface area contributed by atoms with Crippen molar-refractivity contribution in [3.63, 3.8) is 0 Å². The Balaban J connectivity index is 2.12. The normalized spacial score (nSPS) is 11.3. The highest BCUT2D eigenvalue weighted by Gasteiger charge is 2.15. The van der Waals surface area contributed by atoms with Gasteiger partial charge in [0.05, 0.1) is 5.69 Å². The van der Waals surface area contributed by atoms with E-state index in [0.717, 1.165) is 11.3 Å². The number of nitrogens with one attached hydrogen (secondary N) is 2. The second-order valence-corrected chi connectivity index (χ2v) is 6.73. The minimum atomic E-state index is -3.53. The monoisotopic (exact) mass is 325 g/mol. The van der Waals surface area contributed by atoms with Gasteiger partial charge in [-0.25, -0.2) is 13.1 Å². The Labute approximate surface area is 129 Å². The molecule has 0 aliphatic carbocycles. The van der Waals surface area contributed by atoms with Gasteiger partial charge in [-0.15, -0.1) is 0 Å². The second-order valence-electron chi connectivity index (χ2n) is 4.44. The Kier molecular flexibility index (Phi) is 4.72. The van der Waals surface area contributed by atoms with Crippen molar-refractivity contribution in [1.82, 2.24) is 4.72 Å². The van der Waals surface area contributed by atoms with Gasteiger partial charge in [-0.3, -0.25) is 0 Å². The first kappa shape index (κ1) is 15.6. The molecule has 0 amide bonds. The highest BCUT2D eigenvalue weighted by molar-refractivity contribution is 7.89. The van der Waals surface area contributed by atoms with Crippen LogP contribution in [0.15, 0.2) is 47.4 Å². The SMILES string of the molecule is CNS(=O)(=O)c1ccc(NCc2ccc(Cl)cc2)cc1N. The largest absolute Gasteiger partial charge is 0.398 e. The lowest BCUT2D eigenvalue weighted by atomic mass is 10.2. The molecule has 0 aliphatic heterocycles. The molecule has 4 N–H and O–H groups in total.